The Kier molecular flexibility index (Phi) is 5.33. The van der Waals surface area contributed by atoms with Crippen molar-refractivity contribution in [3.63, 3.8) is 0 Å². The first-order valence-electron chi connectivity index (χ1n) is 6.56. The van der Waals surface area contributed by atoms with Crippen molar-refractivity contribution in [3.05, 3.63) is 35.2 Å². The minimum absolute atomic E-state index is 0.113. The van der Waals surface area contributed by atoms with Gasteiger partial charge in [-0.15, -0.1) is 0 Å². The molecule has 1 aromatic heterocycles. The Morgan fingerprint density at radius 1 is 1.33 bits per heavy atom. The maximum absolute atomic E-state index is 11.5. The highest BCUT2D eigenvalue weighted by atomic mass is 35.5. The van der Waals surface area contributed by atoms with Crippen molar-refractivity contribution < 1.29 is 12.9 Å². The molecule has 0 aliphatic rings. The summed E-state index contributed by atoms with van der Waals surface area (Å²) in [5.74, 6) is 0.873. The average Bonchev–Trinajstić information content (AvgIpc) is 2.87. The summed E-state index contributed by atoms with van der Waals surface area (Å²) in [4.78, 5) is 4.21. The summed E-state index contributed by atoms with van der Waals surface area (Å²) in [6.45, 7) is 2.04. The SMILES string of the molecule is CCCS(=O)(=O)NCCc1nc(-c2ccccc2Cl)no1. The monoisotopic (exact) mass is 329 g/mol. The van der Waals surface area contributed by atoms with E-state index in [1.807, 2.05) is 19.1 Å². The van der Waals surface area contributed by atoms with E-state index in [4.69, 9.17) is 16.1 Å². The van der Waals surface area contributed by atoms with Crippen LogP contribution in [0.5, 0.6) is 0 Å². The molecule has 0 spiro atoms. The van der Waals surface area contributed by atoms with Crippen LogP contribution in [0.4, 0.5) is 0 Å². The maximum Gasteiger partial charge on any atom is 0.228 e. The van der Waals surface area contributed by atoms with Gasteiger partial charge in [-0.2, -0.15) is 4.98 Å². The number of aromatic nitrogens is 2. The summed E-state index contributed by atoms with van der Waals surface area (Å²) in [6.07, 6.45) is 0.910. The number of hydrogen-bond donors (Lipinski definition) is 1. The zero-order chi connectivity index (χ0) is 15.3. The molecule has 0 unspecified atom stereocenters. The zero-order valence-electron chi connectivity index (χ0n) is 11.5. The third kappa shape index (κ3) is 4.52. The van der Waals surface area contributed by atoms with Crippen LogP contribution in [0.15, 0.2) is 28.8 Å². The lowest BCUT2D eigenvalue weighted by Gasteiger charge is -2.02. The lowest BCUT2D eigenvalue weighted by molar-refractivity contribution is 0.379. The minimum Gasteiger partial charge on any atom is -0.339 e. The van der Waals surface area contributed by atoms with Gasteiger partial charge < -0.3 is 4.52 Å². The van der Waals surface area contributed by atoms with Gasteiger partial charge in [0.25, 0.3) is 0 Å². The first kappa shape index (κ1) is 15.9. The van der Waals surface area contributed by atoms with Gasteiger partial charge in [0, 0.05) is 18.5 Å². The van der Waals surface area contributed by atoms with Crippen molar-refractivity contribution in [3.8, 4) is 11.4 Å². The Morgan fingerprint density at radius 3 is 2.81 bits per heavy atom. The van der Waals surface area contributed by atoms with Gasteiger partial charge in [-0.1, -0.05) is 35.8 Å². The molecule has 0 saturated carbocycles. The van der Waals surface area contributed by atoms with E-state index < -0.39 is 10.0 Å². The van der Waals surface area contributed by atoms with Gasteiger partial charge in [-0.05, 0) is 18.6 Å². The van der Waals surface area contributed by atoms with E-state index in [1.54, 1.807) is 12.1 Å². The van der Waals surface area contributed by atoms with Gasteiger partial charge in [0.05, 0.1) is 10.8 Å². The van der Waals surface area contributed by atoms with E-state index in [0.29, 0.717) is 35.1 Å². The predicted octanol–water partition coefficient (Wildman–Crippen LogP) is 2.26. The van der Waals surface area contributed by atoms with Crippen LogP contribution in [0, 0.1) is 0 Å². The lowest BCUT2D eigenvalue weighted by Crippen LogP contribution is -2.28. The van der Waals surface area contributed by atoms with Crippen LogP contribution in [0.25, 0.3) is 11.4 Å². The van der Waals surface area contributed by atoms with Crippen molar-refractivity contribution in [1.82, 2.24) is 14.9 Å². The van der Waals surface area contributed by atoms with Crippen LogP contribution in [0.3, 0.4) is 0 Å². The molecule has 0 bridgehead atoms. The number of benzene rings is 1. The van der Waals surface area contributed by atoms with Crippen LogP contribution in [-0.2, 0) is 16.4 Å². The quantitative estimate of drug-likeness (QED) is 0.842. The fraction of sp³-hybridized carbons (Fsp3) is 0.385. The Labute approximate surface area is 128 Å². The largest absolute Gasteiger partial charge is 0.339 e. The van der Waals surface area contributed by atoms with Crippen LogP contribution in [0.2, 0.25) is 5.02 Å². The van der Waals surface area contributed by atoms with Gasteiger partial charge >= 0.3 is 0 Å². The molecular weight excluding hydrogens is 314 g/mol. The highest BCUT2D eigenvalue weighted by molar-refractivity contribution is 7.89. The molecule has 1 heterocycles. The smallest absolute Gasteiger partial charge is 0.228 e. The standard InChI is InChI=1S/C13H16ClN3O3S/c1-2-9-21(18,19)15-8-7-12-16-13(17-20-12)10-5-3-4-6-11(10)14/h3-6,15H,2,7-9H2,1H3. The summed E-state index contributed by atoms with van der Waals surface area (Å²) in [5, 5.41) is 4.39. The summed E-state index contributed by atoms with van der Waals surface area (Å²) < 4.78 is 30.6. The average molecular weight is 330 g/mol. The fourth-order valence-corrected chi connectivity index (χ4v) is 3.08. The Morgan fingerprint density at radius 2 is 2.10 bits per heavy atom. The third-order valence-corrected chi connectivity index (χ3v) is 4.64. The summed E-state index contributed by atoms with van der Waals surface area (Å²) in [5.41, 5.74) is 0.681. The summed E-state index contributed by atoms with van der Waals surface area (Å²) >= 11 is 6.05. The van der Waals surface area contributed by atoms with E-state index in [9.17, 15) is 8.42 Å². The van der Waals surface area contributed by atoms with Crippen molar-refractivity contribution >= 4 is 21.6 Å². The molecule has 1 N–H and O–H groups in total. The van der Waals surface area contributed by atoms with E-state index in [-0.39, 0.29) is 12.3 Å². The van der Waals surface area contributed by atoms with E-state index in [1.165, 1.54) is 0 Å². The van der Waals surface area contributed by atoms with Gasteiger partial charge in [-0.25, -0.2) is 13.1 Å². The van der Waals surface area contributed by atoms with Gasteiger partial charge in [0.1, 0.15) is 0 Å². The van der Waals surface area contributed by atoms with E-state index in [0.717, 1.165) is 0 Å². The van der Waals surface area contributed by atoms with Crippen LogP contribution < -0.4 is 4.72 Å². The second-order valence-corrected chi connectivity index (χ2v) is 6.79. The van der Waals surface area contributed by atoms with Crippen molar-refractivity contribution in [2.75, 3.05) is 12.3 Å². The normalized spacial score (nSPS) is 11.7. The number of nitrogens with one attached hydrogen (secondary N) is 1. The fourth-order valence-electron chi connectivity index (χ4n) is 1.76. The Bertz CT molecular complexity index is 700. The van der Waals surface area contributed by atoms with Crippen LogP contribution in [-0.4, -0.2) is 30.9 Å². The molecule has 8 heteroatoms. The number of halogens is 1. The molecule has 0 amide bonds. The van der Waals surface area contributed by atoms with Crippen LogP contribution >= 0.6 is 11.6 Å². The van der Waals surface area contributed by atoms with E-state index in [2.05, 4.69) is 14.9 Å². The molecule has 0 saturated heterocycles. The first-order chi connectivity index (χ1) is 10.0. The minimum atomic E-state index is -3.21. The molecule has 0 aliphatic heterocycles. The van der Waals surface area contributed by atoms with Crippen LogP contribution in [0.1, 0.15) is 19.2 Å². The number of hydrogen-bond acceptors (Lipinski definition) is 5. The van der Waals surface area contributed by atoms with E-state index >= 15 is 0 Å². The van der Waals surface area contributed by atoms with Crippen molar-refractivity contribution in [1.29, 1.82) is 0 Å². The molecule has 21 heavy (non-hydrogen) atoms. The number of sulfonamides is 1. The molecule has 0 radical (unpaired) electrons. The Balaban J connectivity index is 1.97. The predicted molar refractivity (Wildman–Crippen MR) is 80.5 cm³/mol. The van der Waals surface area contributed by atoms with Crippen molar-refractivity contribution in [2.24, 2.45) is 0 Å². The van der Waals surface area contributed by atoms with Gasteiger partial charge in [-0.3, -0.25) is 0 Å². The molecule has 2 aromatic rings. The molecule has 6 nitrogen and oxygen atoms in total. The molecule has 0 atom stereocenters. The first-order valence-corrected chi connectivity index (χ1v) is 8.59. The Hall–Kier alpha value is -1.44. The summed E-state index contributed by atoms with van der Waals surface area (Å²) in [7, 11) is -3.21. The molecule has 0 fully saturated rings. The number of nitrogens with zero attached hydrogens (tertiary/aromatic N) is 2. The van der Waals surface area contributed by atoms with Gasteiger partial charge in [0.2, 0.25) is 21.7 Å². The summed E-state index contributed by atoms with van der Waals surface area (Å²) in [6, 6.07) is 7.18. The number of rotatable bonds is 7. The van der Waals surface area contributed by atoms with Gasteiger partial charge in [0.15, 0.2) is 0 Å². The molecular formula is C13H16ClN3O3S. The molecule has 2 rings (SSSR count). The second kappa shape index (κ2) is 7.02. The lowest BCUT2D eigenvalue weighted by atomic mass is 10.2. The molecule has 0 aliphatic carbocycles. The maximum atomic E-state index is 11.5. The second-order valence-electron chi connectivity index (χ2n) is 4.45. The molecule has 1 aromatic carbocycles. The van der Waals surface area contributed by atoms with Crippen molar-refractivity contribution in [2.45, 2.75) is 19.8 Å². The highest BCUT2D eigenvalue weighted by Crippen LogP contribution is 2.24. The molecule has 114 valence electrons. The topological polar surface area (TPSA) is 85.1 Å². The zero-order valence-corrected chi connectivity index (χ0v) is 13.1. The highest BCUT2D eigenvalue weighted by Gasteiger charge is 2.12. The third-order valence-electron chi connectivity index (χ3n) is 2.72.